The van der Waals surface area contributed by atoms with E-state index in [9.17, 15) is 9.59 Å². The Labute approximate surface area is 52.6 Å². The van der Waals surface area contributed by atoms with Crippen molar-refractivity contribution < 1.29 is 14.3 Å². The van der Waals surface area contributed by atoms with Crippen LogP contribution in [0, 0.1) is 0 Å². The highest BCUT2D eigenvalue weighted by Crippen LogP contribution is 1.84. The zero-order chi connectivity index (χ0) is 7.11. The van der Waals surface area contributed by atoms with Crippen molar-refractivity contribution in [2.45, 2.75) is 6.42 Å². The van der Waals surface area contributed by atoms with E-state index in [-0.39, 0.29) is 6.42 Å². The third kappa shape index (κ3) is 4.51. The Bertz CT molecular complexity index is 154. The van der Waals surface area contributed by atoms with Gasteiger partial charge in [0, 0.05) is 6.08 Å². The van der Waals surface area contributed by atoms with Crippen LogP contribution in [0.3, 0.4) is 0 Å². The second kappa shape index (κ2) is 4.81. The van der Waals surface area contributed by atoms with E-state index in [4.69, 9.17) is 0 Å². The Morgan fingerprint density at radius 2 is 2.44 bits per heavy atom. The fraction of sp³-hybridized carbons (Fsp3) is 0.167. The Morgan fingerprint density at radius 3 is 2.89 bits per heavy atom. The number of rotatable bonds is 3. The molecule has 0 amide bonds. The highest BCUT2D eigenvalue weighted by Gasteiger charge is 1.93. The van der Waals surface area contributed by atoms with E-state index in [2.05, 4.69) is 11.3 Å². The van der Waals surface area contributed by atoms with Gasteiger partial charge >= 0.3 is 5.97 Å². The van der Waals surface area contributed by atoms with E-state index >= 15 is 0 Å². The third-order valence-electron chi connectivity index (χ3n) is 0.567. The van der Waals surface area contributed by atoms with Crippen molar-refractivity contribution in [2.24, 2.45) is 0 Å². The number of carbonyl (C=O) groups excluding carboxylic acids is 2. The predicted molar refractivity (Wildman–Crippen MR) is 31.2 cm³/mol. The molecule has 0 saturated heterocycles. The van der Waals surface area contributed by atoms with Crippen molar-refractivity contribution in [1.29, 1.82) is 0 Å². The lowest BCUT2D eigenvalue weighted by Gasteiger charge is -1.89. The molecule has 9 heavy (non-hydrogen) atoms. The predicted octanol–water partition coefficient (Wildman–Crippen LogP) is 0.451. The van der Waals surface area contributed by atoms with Gasteiger partial charge in [0.15, 0.2) is 0 Å². The van der Waals surface area contributed by atoms with Crippen molar-refractivity contribution in [3.63, 3.8) is 0 Å². The van der Waals surface area contributed by atoms with E-state index in [1.54, 1.807) is 0 Å². The van der Waals surface area contributed by atoms with Gasteiger partial charge < -0.3 is 4.74 Å². The molecule has 0 saturated carbocycles. The first-order valence-electron chi connectivity index (χ1n) is 2.31. The average molecular weight is 126 g/mol. The van der Waals surface area contributed by atoms with E-state index in [0.717, 1.165) is 12.3 Å². The molecule has 0 rings (SSSR count). The fourth-order valence-corrected chi connectivity index (χ4v) is 0.266. The molecule has 0 aliphatic heterocycles. The first kappa shape index (κ1) is 7.66. The summed E-state index contributed by atoms with van der Waals surface area (Å²) < 4.78 is 4.26. The Balaban J connectivity index is 3.50. The Morgan fingerprint density at radius 1 is 1.78 bits per heavy atom. The van der Waals surface area contributed by atoms with Crippen molar-refractivity contribution in [3.8, 4) is 0 Å². The molecule has 0 radical (unpaired) electrons. The highest BCUT2D eigenvalue weighted by molar-refractivity contribution is 5.73. The second-order valence-corrected chi connectivity index (χ2v) is 1.18. The van der Waals surface area contributed by atoms with Gasteiger partial charge in [-0.1, -0.05) is 6.58 Å². The van der Waals surface area contributed by atoms with Gasteiger partial charge in [0.2, 0.25) is 0 Å². The summed E-state index contributed by atoms with van der Waals surface area (Å²) in [5.41, 5.74) is 0. The maximum atomic E-state index is 10.3. The van der Waals surface area contributed by atoms with Crippen molar-refractivity contribution >= 4 is 11.9 Å². The topological polar surface area (TPSA) is 43.4 Å². The first-order chi connectivity index (χ1) is 4.31. The SMILES string of the molecule is C=COC(=O)CC=C=O. The smallest absolute Gasteiger partial charge is 0.315 e. The summed E-state index contributed by atoms with van der Waals surface area (Å²) in [6, 6.07) is 0. The number of esters is 1. The minimum atomic E-state index is -0.506. The molecule has 48 valence electrons. The molecule has 0 aromatic heterocycles. The molecule has 0 unspecified atom stereocenters. The molecule has 3 nitrogen and oxygen atoms in total. The minimum Gasteiger partial charge on any atom is -0.435 e. The summed E-state index contributed by atoms with van der Waals surface area (Å²) in [5, 5.41) is 0. The van der Waals surface area contributed by atoms with Gasteiger partial charge in [0.05, 0.1) is 12.7 Å². The summed E-state index contributed by atoms with van der Waals surface area (Å²) >= 11 is 0. The number of ether oxygens (including phenoxy) is 1. The number of hydrogen-bond acceptors (Lipinski definition) is 3. The van der Waals surface area contributed by atoms with Crippen LogP contribution in [0.25, 0.3) is 0 Å². The molecule has 0 bridgehead atoms. The molecule has 0 aromatic rings. The van der Waals surface area contributed by atoms with Crippen LogP contribution in [0.5, 0.6) is 0 Å². The van der Waals surface area contributed by atoms with E-state index < -0.39 is 5.97 Å². The molecule has 0 N–H and O–H groups in total. The summed E-state index contributed by atoms with van der Waals surface area (Å²) in [4.78, 5) is 19.8. The van der Waals surface area contributed by atoms with Crippen LogP contribution in [0.15, 0.2) is 18.9 Å². The third-order valence-corrected chi connectivity index (χ3v) is 0.567. The van der Waals surface area contributed by atoms with Gasteiger partial charge in [-0.3, -0.25) is 4.79 Å². The van der Waals surface area contributed by atoms with Gasteiger partial charge in [-0.05, 0) is 0 Å². The normalized spacial score (nSPS) is 7.11. The summed E-state index contributed by atoms with van der Waals surface area (Å²) in [6.07, 6.45) is 2.02. The zero-order valence-corrected chi connectivity index (χ0v) is 4.79. The minimum absolute atomic E-state index is 0.0461. The van der Waals surface area contributed by atoms with Gasteiger partial charge in [0.1, 0.15) is 5.94 Å². The van der Waals surface area contributed by atoms with Gasteiger partial charge in [-0.25, -0.2) is 4.79 Å². The second-order valence-electron chi connectivity index (χ2n) is 1.18. The maximum absolute atomic E-state index is 10.3. The van der Waals surface area contributed by atoms with E-state index in [0.29, 0.717) is 0 Å². The Kier molecular flexibility index (Phi) is 4.09. The largest absolute Gasteiger partial charge is 0.435 e. The van der Waals surface area contributed by atoms with Crippen LogP contribution >= 0.6 is 0 Å². The summed E-state index contributed by atoms with van der Waals surface area (Å²) in [6.45, 7) is 3.15. The van der Waals surface area contributed by atoms with Gasteiger partial charge in [-0.15, -0.1) is 0 Å². The molecule has 0 aliphatic carbocycles. The molecule has 0 heterocycles. The Hall–Kier alpha value is -1.34. The molecule has 3 heteroatoms. The number of hydrogen-bond donors (Lipinski definition) is 0. The molecule has 0 aliphatic rings. The fourth-order valence-electron chi connectivity index (χ4n) is 0.266. The molecular weight excluding hydrogens is 120 g/mol. The van der Waals surface area contributed by atoms with E-state index in [1.807, 2.05) is 0 Å². The molecular formula is C6H6O3. The van der Waals surface area contributed by atoms with Crippen LogP contribution in [-0.2, 0) is 14.3 Å². The lowest BCUT2D eigenvalue weighted by Crippen LogP contribution is -1.95. The quantitative estimate of drug-likeness (QED) is 0.313. The number of carbonyl (C=O) groups is 1. The standard InChI is InChI=1S/C6H6O3/c1-2-9-6(8)4-3-5-7/h2-3H,1,4H2. The molecule has 0 fully saturated rings. The summed E-state index contributed by atoms with van der Waals surface area (Å²) in [5.74, 6) is 0.941. The van der Waals surface area contributed by atoms with Gasteiger partial charge in [0.25, 0.3) is 0 Å². The first-order valence-corrected chi connectivity index (χ1v) is 2.31. The van der Waals surface area contributed by atoms with Crippen molar-refractivity contribution in [3.05, 3.63) is 18.9 Å². The van der Waals surface area contributed by atoms with Crippen LogP contribution in [0.4, 0.5) is 0 Å². The van der Waals surface area contributed by atoms with Crippen LogP contribution in [0.2, 0.25) is 0 Å². The molecule has 0 spiro atoms. The lowest BCUT2D eigenvalue weighted by molar-refractivity contribution is -0.136. The van der Waals surface area contributed by atoms with Crippen molar-refractivity contribution in [1.82, 2.24) is 0 Å². The molecule has 0 aromatic carbocycles. The average Bonchev–Trinajstić information content (AvgIpc) is 1.85. The lowest BCUT2D eigenvalue weighted by atomic mass is 10.4. The van der Waals surface area contributed by atoms with Gasteiger partial charge in [-0.2, -0.15) is 0 Å². The van der Waals surface area contributed by atoms with Crippen LogP contribution in [-0.4, -0.2) is 11.9 Å². The highest BCUT2D eigenvalue weighted by atomic mass is 16.5. The molecule has 0 atom stereocenters. The van der Waals surface area contributed by atoms with Crippen molar-refractivity contribution in [2.75, 3.05) is 0 Å². The van der Waals surface area contributed by atoms with Crippen LogP contribution < -0.4 is 0 Å². The summed E-state index contributed by atoms with van der Waals surface area (Å²) in [7, 11) is 0. The van der Waals surface area contributed by atoms with Crippen LogP contribution in [0.1, 0.15) is 6.42 Å². The van der Waals surface area contributed by atoms with E-state index in [1.165, 1.54) is 5.94 Å². The zero-order valence-electron chi connectivity index (χ0n) is 4.79. The maximum Gasteiger partial charge on any atom is 0.315 e. The monoisotopic (exact) mass is 126 g/mol.